The Morgan fingerprint density at radius 2 is 1.30 bits per heavy atom. The maximum atomic E-state index is 13.2. The van der Waals surface area contributed by atoms with Gasteiger partial charge in [0.1, 0.15) is 6.04 Å². The molecule has 0 aliphatic carbocycles. The van der Waals surface area contributed by atoms with E-state index < -0.39 is 54.1 Å². The molecule has 3 aromatic carbocycles. The smallest absolute Gasteiger partial charge is 0.416 e. The van der Waals surface area contributed by atoms with Crippen molar-refractivity contribution in [3.05, 3.63) is 107 Å². The summed E-state index contributed by atoms with van der Waals surface area (Å²) in [7, 11) is 0. The zero-order valence-corrected chi connectivity index (χ0v) is 19.7. The number of halogens is 6. The Morgan fingerprint density at radius 3 is 1.70 bits per heavy atom. The molecular weight excluding hydrogens is 500 g/mol. The van der Waals surface area contributed by atoms with Crippen molar-refractivity contribution in [2.45, 2.75) is 43.9 Å². The molecule has 1 unspecified atom stereocenters. The topological polar surface area (TPSA) is 58.6 Å². The number of nitrogens with one attached hydrogen (secondary N) is 1. The number of hydrogen-bond donors (Lipinski definition) is 2. The molecule has 3 rings (SSSR count). The number of carboxylic acid groups (broad SMARTS) is 1. The van der Waals surface area contributed by atoms with Crippen LogP contribution in [0.15, 0.2) is 78.9 Å². The van der Waals surface area contributed by atoms with E-state index in [1.807, 2.05) is 60.7 Å². The fourth-order valence-electron chi connectivity index (χ4n) is 4.02. The van der Waals surface area contributed by atoms with E-state index in [4.69, 9.17) is 4.74 Å². The van der Waals surface area contributed by atoms with Gasteiger partial charge in [-0.1, -0.05) is 60.7 Å². The molecule has 2 atom stereocenters. The Kier molecular flexibility index (Phi) is 8.98. The number of benzene rings is 3. The van der Waals surface area contributed by atoms with Crippen molar-refractivity contribution in [2.75, 3.05) is 6.61 Å². The Morgan fingerprint density at radius 1 is 0.838 bits per heavy atom. The fourth-order valence-corrected chi connectivity index (χ4v) is 4.02. The van der Waals surface area contributed by atoms with E-state index in [9.17, 15) is 36.2 Å². The van der Waals surface area contributed by atoms with Crippen molar-refractivity contribution in [2.24, 2.45) is 0 Å². The molecule has 0 saturated carbocycles. The highest BCUT2D eigenvalue weighted by atomic mass is 19.4. The normalized spacial score (nSPS) is 13.9. The molecule has 10 heteroatoms. The lowest BCUT2D eigenvalue weighted by Crippen LogP contribution is -2.47. The van der Waals surface area contributed by atoms with Gasteiger partial charge in [0.2, 0.25) is 0 Å². The van der Waals surface area contributed by atoms with Gasteiger partial charge in [-0.3, -0.25) is 10.1 Å². The quantitative estimate of drug-likeness (QED) is 0.297. The molecule has 0 amide bonds. The van der Waals surface area contributed by atoms with Gasteiger partial charge in [-0.15, -0.1) is 0 Å². The second-order valence-electron chi connectivity index (χ2n) is 8.56. The first kappa shape index (κ1) is 28.2. The molecular formula is C27H25F6NO3. The number of aliphatic carboxylic acids is 1. The molecule has 0 aromatic heterocycles. The molecule has 0 radical (unpaired) electrons. The number of rotatable bonds is 10. The van der Waals surface area contributed by atoms with Gasteiger partial charge in [0.25, 0.3) is 0 Å². The first-order valence-electron chi connectivity index (χ1n) is 11.3. The van der Waals surface area contributed by atoms with E-state index in [-0.39, 0.29) is 18.2 Å². The van der Waals surface area contributed by atoms with Crippen molar-refractivity contribution in [1.82, 2.24) is 5.32 Å². The summed E-state index contributed by atoms with van der Waals surface area (Å²) in [5.41, 5.74) is -1.51. The molecule has 0 aliphatic rings. The molecule has 0 spiro atoms. The van der Waals surface area contributed by atoms with E-state index in [1.54, 1.807) is 0 Å². The van der Waals surface area contributed by atoms with Crippen LogP contribution in [0.25, 0.3) is 0 Å². The van der Waals surface area contributed by atoms with Crippen LogP contribution in [0.3, 0.4) is 0 Å². The third-order valence-corrected chi connectivity index (χ3v) is 5.77. The van der Waals surface area contributed by atoms with E-state index in [0.29, 0.717) is 12.1 Å². The highest BCUT2D eigenvalue weighted by Crippen LogP contribution is 2.36. The summed E-state index contributed by atoms with van der Waals surface area (Å²) in [5.74, 6) is -1.55. The summed E-state index contributed by atoms with van der Waals surface area (Å²) < 4.78 is 84.9. The second-order valence-corrected chi connectivity index (χ2v) is 8.56. The minimum Gasteiger partial charge on any atom is -0.480 e. The number of carboxylic acids is 1. The molecule has 4 nitrogen and oxygen atoms in total. The van der Waals surface area contributed by atoms with Crippen molar-refractivity contribution in [3.8, 4) is 0 Å². The summed E-state index contributed by atoms with van der Waals surface area (Å²) >= 11 is 0. The third kappa shape index (κ3) is 7.80. The molecule has 0 saturated heterocycles. The predicted molar refractivity (Wildman–Crippen MR) is 125 cm³/mol. The van der Waals surface area contributed by atoms with E-state index >= 15 is 0 Å². The molecule has 0 fully saturated rings. The van der Waals surface area contributed by atoms with Gasteiger partial charge < -0.3 is 9.84 Å². The van der Waals surface area contributed by atoms with E-state index in [2.05, 4.69) is 5.32 Å². The van der Waals surface area contributed by atoms with Gasteiger partial charge in [-0.2, -0.15) is 26.3 Å². The summed E-state index contributed by atoms with van der Waals surface area (Å²) in [5, 5.41) is 12.4. The van der Waals surface area contributed by atoms with Gasteiger partial charge in [-0.05, 0) is 41.8 Å². The first-order valence-corrected chi connectivity index (χ1v) is 11.3. The van der Waals surface area contributed by atoms with Gasteiger partial charge in [0.15, 0.2) is 0 Å². The van der Waals surface area contributed by atoms with Crippen LogP contribution in [0.1, 0.15) is 40.7 Å². The minimum absolute atomic E-state index is 0.0588. The van der Waals surface area contributed by atoms with Crippen molar-refractivity contribution >= 4 is 5.97 Å². The maximum absolute atomic E-state index is 13.2. The highest BCUT2D eigenvalue weighted by molar-refractivity contribution is 5.72. The molecule has 0 bridgehead atoms. The average Bonchev–Trinajstić information content (AvgIpc) is 2.84. The van der Waals surface area contributed by atoms with Crippen LogP contribution in [0.4, 0.5) is 26.3 Å². The lowest BCUT2D eigenvalue weighted by molar-refractivity contribution is -0.143. The van der Waals surface area contributed by atoms with Crippen molar-refractivity contribution < 1.29 is 41.0 Å². The monoisotopic (exact) mass is 525 g/mol. The Bertz CT molecular complexity index is 1090. The van der Waals surface area contributed by atoms with Crippen LogP contribution in [-0.2, 0) is 28.5 Å². The van der Waals surface area contributed by atoms with Gasteiger partial charge in [-0.25, -0.2) is 0 Å². The number of alkyl halides is 6. The predicted octanol–water partition coefficient (Wildman–Crippen LogP) is 6.50. The SMILES string of the molecule is CC(N[C@H](COCc1cc(C(F)(F)F)cc(C(F)(F)F)c1)C(c1ccccc1)c1ccccc1)C(=O)O. The molecule has 37 heavy (non-hydrogen) atoms. The van der Waals surface area contributed by atoms with Crippen LogP contribution in [0.2, 0.25) is 0 Å². The maximum Gasteiger partial charge on any atom is 0.416 e. The van der Waals surface area contributed by atoms with E-state index in [1.165, 1.54) is 6.92 Å². The Labute approximate surface area is 209 Å². The van der Waals surface area contributed by atoms with Crippen molar-refractivity contribution in [1.29, 1.82) is 0 Å². The van der Waals surface area contributed by atoms with Gasteiger partial charge in [0, 0.05) is 12.0 Å². The summed E-state index contributed by atoms with van der Waals surface area (Å²) in [6.07, 6.45) is -9.94. The fraction of sp³-hybridized carbons (Fsp3) is 0.296. The van der Waals surface area contributed by atoms with Crippen LogP contribution in [0, 0.1) is 0 Å². The molecule has 0 aliphatic heterocycles. The zero-order valence-electron chi connectivity index (χ0n) is 19.7. The van der Waals surface area contributed by atoms with Crippen molar-refractivity contribution in [3.63, 3.8) is 0 Å². The van der Waals surface area contributed by atoms with Crippen LogP contribution in [-0.4, -0.2) is 29.8 Å². The molecule has 3 aromatic rings. The lowest BCUT2D eigenvalue weighted by atomic mass is 9.85. The summed E-state index contributed by atoms with van der Waals surface area (Å²) in [4.78, 5) is 11.6. The van der Waals surface area contributed by atoms with E-state index in [0.717, 1.165) is 11.1 Å². The lowest BCUT2D eigenvalue weighted by Gasteiger charge is -2.30. The van der Waals surface area contributed by atoms with Gasteiger partial charge >= 0.3 is 18.3 Å². The number of hydrogen-bond acceptors (Lipinski definition) is 3. The molecule has 2 N–H and O–H groups in total. The second kappa shape index (κ2) is 11.8. The largest absolute Gasteiger partial charge is 0.480 e. The average molecular weight is 525 g/mol. The third-order valence-electron chi connectivity index (χ3n) is 5.77. The van der Waals surface area contributed by atoms with Gasteiger partial charge in [0.05, 0.1) is 24.3 Å². The summed E-state index contributed by atoms with van der Waals surface area (Å²) in [6.45, 7) is 0.706. The number of carbonyl (C=O) groups is 1. The van der Waals surface area contributed by atoms with Crippen LogP contribution in [0.5, 0.6) is 0 Å². The zero-order chi connectivity index (χ0) is 27.2. The molecule has 0 heterocycles. The Hall–Kier alpha value is -3.37. The first-order chi connectivity index (χ1) is 17.4. The molecule has 198 valence electrons. The highest BCUT2D eigenvalue weighted by Gasteiger charge is 2.37. The van der Waals surface area contributed by atoms with Crippen LogP contribution >= 0.6 is 0 Å². The standard InChI is InChI=1S/C27H25F6NO3/c1-17(25(35)36)34-23(24(19-8-4-2-5-9-19)20-10-6-3-7-11-20)16-37-15-18-12-21(26(28,29)30)14-22(13-18)27(31,32)33/h2-14,17,23-24,34H,15-16H2,1H3,(H,35,36)/t17?,23-/m1/s1. The summed E-state index contributed by atoms with van der Waals surface area (Å²) in [6, 6.07) is 17.9. The Balaban J connectivity index is 1.91. The minimum atomic E-state index is -4.97. The number of ether oxygens (including phenoxy) is 1. The van der Waals surface area contributed by atoms with Crippen LogP contribution < -0.4 is 5.32 Å².